The largest absolute Gasteiger partial charge is 0.497 e. The van der Waals surface area contributed by atoms with E-state index in [1.165, 1.54) is 0 Å². The van der Waals surface area contributed by atoms with Crippen LogP contribution in [0, 0.1) is 0 Å². The average Bonchev–Trinajstić information content (AvgIpc) is 3.22. The number of anilines is 1. The van der Waals surface area contributed by atoms with Gasteiger partial charge in [0.2, 0.25) is 5.82 Å². The fourth-order valence-corrected chi connectivity index (χ4v) is 2.93. The fourth-order valence-electron chi connectivity index (χ4n) is 2.81. The van der Waals surface area contributed by atoms with E-state index in [1.807, 2.05) is 54.6 Å². The summed E-state index contributed by atoms with van der Waals surface area (Å²) in [7, 11) is 1.61. The average molecular weight is 405 g/mol. The Bertz CT molecular complexity index is 1120. The molecule has 1 aromatic heterocycles. The summed E-state index contributed by atoms with van der Waals surface area (Å²) in [5.41, 5.74) is 2.23. The first-order valence-corrected chi connectivity index (χ1v) is 9.25. The molecule has 144 valence electrons. The molecule has 0 atom stereocenters. The molecule has 0 unspecified atom stereocenters. The van der Waals surface area contributed by atoms with Crippen molar-refractivity contribution in [1.29, 1.82) is 0 Å². The summed E-state index contributed by atoms with van der Waals surface area (Å²) in [5.74, 6) is 0.958. The van der Waals surface area contributed by atoms with Crippen LogP contribution in [0.5, 0.6) is 5.75 Å². The number of benzene rings is 3. The van der Waals surface area contributed by atoms with E-state index in [0.717, 1.165) is 17.0 Å². The number of methoxy groups -OCH3 is 1. The third kappa shape index (κ3) is 4.12. The number of amides is 1. The van der Waals surface area contributed by atoms with E-state index in [1.54, 1.807) is 36.1 Å². The highest BCUT2D eigenvalue weighted by Crippen LogP contribution is 2.23. The summed E-state index contributed by atoms with van der Waals surface area (Å²) >= 11 is 5.90. The molecule has 1 N–H and O–H groups in total. The van der Waals surface area contributed by atoms with Gasteiger partial charge in [0.05, 0.1) is 12.8 Å². The molecule has 3 aromatic carbocycles. The maximum atomic E-state index is 12.7. The van der Waals surface area contributed by atoms with Gasteiger partial charge >= 0.3 is 0 Å². The minimum Gasteiger partial charge on any atom is -0.497 e. The number of halogens is 1. The summed E-state index contributed by atoms with van der Waals surface area (Å²) in [4.78, 5) is 17.2. The van der Waals surface area contributed by atoms with Crippen LogP contribution in [0.3, 0.4) is 0 Å². The molecule has 0 aliphatic carbocycles. The van der Waals surface area contributed by atoms with Gasteiger partial charge < -0.3 is 10.1 Å². The van der Waals surface area contributed by atoms with Crippen LogP contribution in [-0.2, 0) is 0 Å². The number of carbonyl (C=O) groups is 1. The number of nitrogens with zero attached hydrogens (tertiary/aromatic N) is 3. The van der Waals surface area contributed by atoms with Crippen LogP contribution in [0.2, 0.25) is 5.02 Å². The highest BCUT2D eigenvalue weighted by molar-refractivity contribution is 6.30. The van der Waals surface area contributed by atoms with Gasteiger partial charge in [0, 0.05) is 16.3 Å². The first-order chi connectivity index (χ1) is 14.1. The maximum Gasteiger partial charge on any atom is 0.295 e. The van der Waals surface area contributed by atoms with Crippen molar-refractivity contribution < 1.29 is 9.53 Å². The first kappa shape index (κ1) is 18.7. The Morgan fingerprint density at radius 1 is 0.966 bits per heavy atom. The van der Waals surface area contributed by atoms with Crippen LogP contribution in [0.4, 0.5) is 5.69 Å². The normalized spacial score (nSPS) is 10.6. The molecule has 4 rings (SSSR count). The Kier molecular flexibility index (Phi) is 5.27. The van der Waals surface area contributed by atoms with Crippen LogP contribution in [-0.4, -0.2) is 27.8 Å². The molecule has 0 spiro atoms. The van der Waals surface area contributed by atoms with E-state index < -0.39 is 5.91 Å². The molecular weight excluding hydrogens is 388 g/mol. The van der Waals surface area contributed by atoms with Crippen molar-refractivity contribution in [2.45, 2.75) is 0 Å². The summed E-state index contributed by atoms with van der Waals surface area (Å²) in [6.45, 7) is 0. The van der Waals surface area contributed by atoms with Gasteiger partial charge in [0.25, 0.3) is 5.91 Å². The van der Waals surface area contributed by atoms with E-state index in [2.05, 4.69) is 15.4 Å². The predicted molar refractivity (Wildman–Crippen MR) is 113 cm³/mol. The Labute approximate surface area is 172 Å². The summed E-state index contributed by atoms with van der Waals surface area (Å²) in [6, 6.07) is 23.8. The van der Waals surface area contributed by atoms with Gasteiger partial charge in [0.15, 0.2) is 5.82 Å². The molecule has 0 fully saturated rings. The van der Waals surface area contributed by atoms with E-state index >= 15 is 0 Å². The fraction of sp³-hybridized carbons (Fsp3) is 0.0455. The predicted octanol–water partition coefficient (Wildman–Crippen LogP) is 4.85. The lowest BCUT2D eigenvalue weighted by atomic mass is 10.2. The second-order valence-electron chi connectivity index (χ2n) is 6.20. The van der Waals surface area contributed by atoms with Crippen LogP contribution in [0.1, 0.15) is 10.6 Å². The van der Waals surface area contributed by atoms with Gasteiger partial charge in [-0.2, -0.15) is 0 Å². The molecule has 4 aromatic rings. The minimum absolute atomic E-state index is 0.0645. The Hall–Kier alpha value is -3.64. The minimum atomic E-state index is -0.406. The highest BCUT2D eigenvalue weighted by atomic mass is 35.5. The van der Waals surface area contributed by atoms with Gasteiger partial charge in [-0.05, 0) is 48.5 Å². The zero-order valence-electron chi connectivity index (χ0n) is 15.5. The van der Waals surface area contributed by atoms with Crippen LogP contribution in [0.25, 0.3) is 17.1 Å². The topological polar surface area (TPSA) is 69.0 Å². The second-order valence-corrected chi connectivity index (χ2v) is 6.63. The molecule has 0 aliphatic heterocycles. The van der Waals surface area contributed by atoms with Crippen LogP contribution in [0.15, 0.2) is 78.9 Å². The van der Waals surface area contributed by atoms with Crippen molar-refractivity contribution in [2.75, 3.05) is 12.4 Å². The van der Waals surface area contributed by atoms with Crippen LogP contribution >= 0.6 is 11.6 Å². The molecule has 7 heteroatoms. The van der Waals surface area contributed by atoms with E-state index in [-0.39, 0.29) is 5.82 Å². The van der Waals surface area contributed by atoms with Crippen molar-refractivity contribution in [2.24, 2.45) is 0 Å². The Morgan fingerprint density at radius 2 is 1.66 bits per heavy atom. The number of aromatic nitrogens is 3. The van der Waals surface area contributed by atoms with Crippen molar-refractivity contribution in [3.63, 3.8) is 0 Å². The third-order valence-corrected chi connectivity index (χ3v) is 4.51. The maximum absolute atomic E-state index is 12.7. The van der Waals surface area contributed by atoms with E-state index in [0.29, 0.717) is 16.5 Å². The van der Waals surface area contributed by atoms with Crippen LogP contribution < -0.4 is 10.1 Å². The molecule has 29 heavy (non-hydrogen) atoms. The molecule has 0 bridgehead atoms. The third-order valence-electron chi connectivity index (χ3n) is 4.26. The lowest BCUT2D eigenvalue weighted by Gasteiger charge is -2.07. The van der Waals surface area contributed by atoms with E-state index in [9.17, 15) is 4.79 Å². The Morgan fingerprint density at radius 3 is 2.31 bits per heavy atom. The molecule has 0 saturated carbocycles. The Balaban J connectivity index is 1.72. The van der Waals surface area contributed by atoms with Gasteiger partial charge in [0.1, 0.15) is 5.75 Å². The summed E-state index contributed by atoms with van der Waals surface area (Å²) < 4.78 is 6.86. The molecule has 0 saturated heterocycles. The summed E-state index contributed by atoms with van der Waals surface area (Å²) in [5, 5.41) is 7.84. The number of nitrogens with one attached hydrogen (secondary N) is 1. The molecule has 0 aliphatic rings. The summed E-state index contributed by atoms with van der Waals surface area (Å²) in [6.07, 6.45) is 0. The second kappa shape index (κ2) is 8.16. The quantitative estimate of drug-likeness (QED) is 0.516. The number of ether oxygens (including phenoxy) is 1. The number of hydrogen-bond acceptors (Lipinski definition) is 4. The van der Waals surface area contributed by atoms with Gasteiger partial charge in [-0.15, -0.1) is 5.10 Å². The van der Waals surface area contributed by atoms with E-state index in [4.69, 9.17) is 16.3 Å². The lowest BCUT2D eigenvalue weighted by Crippen LogP contribution is -2.14. The van der Waals surface area contributed by atoms with Gasteiger partial charge in [-0.25, -0.2) is 9.67 Å². The molecule has 1 heterocycles. The number of rotatable bonds is 5. The van der Waals surface area contributed by atoms with Crippen molar-refractivity contribution in [3.8, 4) is 22.8 Å². The van der Waals surface area contributed by atoms with Crippen molar-refractivity contribution in [1.82, 2.24) is 14.8 Å². The molecule has 1 amide bonds. The standard InChI is InChI=1S/C22H17ClN4O2/c1-29-19-13-11-18(12-14-19)27-21(15-5-3-2-4-6-15)25-20(26-27)22(28)24-17-9-7-16(23)8-10-17/h2-14H,1H3,(H,24,28). The monoisotopic (exact) mass is 404 g/mol. The smallest absolute Gasteiger partial charge is 0.295 e. The molecular formula is C22H17ClN4O2. The lowest BCUT2D eigenvalue weighted by molar-refractivity contribution is 0.101. The zero-order valence-corrected chi connectivity index (χ0v) is 16.3. The molecule has 0 radical (unpaired) electrons. The van der Waals surface area contributed by atoms with Gasteiger partial charge in [-0.3, -0.25) is 4.79 Å². The first-order valence-electron chi connectivity index (χ1n) is 8.88. The molecule has 6 nitrogen and oxygen atoms in total. The zero-order chi connectivity index (χ0) is 20.2. The number of hydrogen-bond donors (Lipinski definition) is 1. The number of carbonyl (C=O) groups excluding carboxylic acids is 1. The highest BCUT2D eigenvalue weighted by Gasteiger charge is 2.19. The van der Waals surface area contributed by atoms with Gasteiger partial charge in [-0.1, -0.05) is 41.9 Å². The van der Waals surface area contributed by atoms with Crippen molar-refractivity contribution in [3.05, 3.63) is 89.7 Å². The van der Waals surface area contributed by atoms with Crippen molar-refractivity contribution >= 4 is 23.2 Å². The SMILES string of the molecule is COc1ccc(-n2nc(C(=O)Nc3ccc(Cl)cc3)nc2-c2ccccc2)cc1.